The molecule has 0 aliphatic rings. The monoisotopic (exact) mass is 299 g/mol. The highest BCUT2D eigenvalue weighted by Gasteiger charge is 2.22. The number of hydrogen-bond donors (Lipinski definition) is 2. The summed E-state index contributed by atoms with van der Waals surface area (Å²) in [6.07, 6.45) is 1.01. The van der Waals surface area contributed by atoms with Gasteiger partial charge in [0.1, 0.15) is 10.7 Å². The Balaban J connectivity index is 2.84. The number of hydrogen-bond acceptors (Lipinski definition) is 6. The highest BCUT2D eigenvalue weighted by atomic mass is 32.1. The maximum absolute atomic E-state index is 12.5. The molecule has 0 bridgehead atoms. The van der Waals surface area contributed by atoms with Crippen LogP contribution in [0.15, 0.2) is 5.16 Å². The molecule has 0 aromatic carbocycles. The summed E-state index contributed by atoms with van der Waals surface area (Å²) >= 11 is 1.11. The van der Waals surface area contributed by atoms with Gasteiger partial charge in [0.2, 0.25) is 0 Å². The molecule has 3 N–H and O–H groups in total. The fourth-order valence-corrected chi connectivity index (χ4v) is 2.48. The first-order valence-corrected chi connectivity index (χ1v) is 7.33. The predicted octanol–water partition coefficient (Wildman–Crippen LogP) is 1.34. The van der Waals surface area contributed by atoms with E-state index in [0.717, 1.165) is 17.2 Å². The van der Waals surface area contributed by atoms with Crippen molar-refractivity contribution >= 4 is 23.3 Å². The van der Waals surface area contributed by atoms with Crippen LogP contribution in [0.1, 0.15) is 42.6 Å². The van der Waals surface area contributed by atoms with Gasteiger partial charge in [-0.1, -0.05) is 30.4 Å². The lowest BCUT2D eigenvalue weighted by Crippen LogP contribution is -2.36. The number of amidine groups is 1. The lowest BCUT2D eigenvalue weighted by atomic mass is 10.2. The minimum Gasteiger partial charge on any atom is -0.409 e. The minimum atomic E-state index is -0.0868. The van der Waals surface area contributed by atoms with Gasteiger partial charge in [0.05, 0.1) is 5.69 Å². The number of nitrogens with zero attached hydrogens (tertiary/aromatic N) is 4. The van der Waals surface area contributed by atoms with Crippen LogP contribution in [-0.2, 0) is 6.42 Å². The van der Waals surface area contributed by atoms with Crippen LogP contribution in [0.3, 0.4) is 0 Å². The molecule has 20 heavy (non-hydrogen) atoms. The van der Waals surface area contributed by atoms with Crippen molar-refractivity contribution in [3.8, 4) is 0 Å². The average molecular weight is 299 g/mol. The van der Waals surface area contributed by atoms with Crippen molar-refractivity contribution in [3.63, 3.8) is 0 Å². The first kappa shape index (κ1) is 16.4. The molecule has 112 valence electrons. The van der Waals surface area contributed by atoms with E-state index in [2.05, 4.69) is 14.7 Å². The second-order valence-electron chi connectivity index (χ2n) is 4.89. The van der Waals surface area contributed by atoms with E-state index in [1.807, 2.05) is 20.8 Å². The number of carbonyl (C=O) groups excluding carboxylic acids is 1. The van der Waals surface area contributed by atoms with Crippen LogP contribution in [0.4, 0.5) is 0 Å². The summed E-state index contributed by atoms with van der Waals surface area (Å²) in [5.41, 5.74) is 6.19. The number of nitrogens with two attached hydrogens (primary N) is 1. The number of amides is 1. The standard InChI is InChI=1S/C12H21N5O2S/c1-4-9-11(20-16-14-9)12(18)17(7-8(2)3)6-5-10(13)15-19/h8,19H,4-7H2,1-3H3,(H2,13,15). The number of aromatic nitrogens is 2. The van der Waals surface area contributed by atoms with Gasteiger partial charge in [-0.3, -0.25) is 4.79 Å². The van der Waals surface area contributed by atoms with E-state index in [1.54, 1.807) is 4.90 Å². The molecule has 0 unspecified atom stereocenters. The quantitative estimate of drug-likeness (QED) is 0.342. The Kier molecular flexibility index (Phi) is 6.37. The Morgan fingerprint density at radius 3 is 2.80 bits per heavy atom. The summed E-state index contributed by atoms with van der Waals surface area (Å²) in [6, 6.07) is 0. The molecule has 0 saturated carbocycles. The molecule has 0 radical (unpaired) electrons. The lowest BCUT2D eigenvalue weighted by molar-refractivity contribution is 0.0744. The highest BCUT2D eigenvalue weighted by molar-refractivity contribution is 7.08. The van der Waals surface area contributed by atoms with Gasteiger partial charge in [0, 0.05) is 19.5 Å². The summed E-state index contributed by atoms with van der Waals surface area (Å²) in [7, 11) is 0. The average Bonchev–Trinajstić information content (AvgIpc) is 2.90. The molecule has 1 aromatic rings. The van der Waals surface area contributed by atoms with E-state index in [0.29, 0.717) is 36.7 Å². The molecular formula is C12H21N5O2S. The zero-order chi connectivity index (χ0) is 15.1. The highest BCUT2D eigenvalue weighted by Crippen LogP contribution is 2.15. The zero-order valence-electron chi connectivity index (χ0n) is 12.0. The van der Waals surface area contributed by atoms with Crippen LogP contribution < -0.4 is 5.73 Å². The van der Waals surface area contributed by atoms with Crippen molar-refractivity contribution in [2.24, 2.45) is 16.8 Å². The Hall–Kier alpha value is -1.70. The fraction of sp³-hybridized carbons (Fsp3) is 0.667. The van der Waals surface area contributed by atoms with E-state index in [1.165, 1.54) is 0 Å². The zero-order valence-corrected chi connectivity index (χ0v) is 12.9. The van der Waals surface area contributed by atoms with Crippen LogP contribution in [0.5, 0.6) is 0 Å². The third kappa shape index (κ3) is 4.44. The second kappa shape index (κ2) is 7.78. The lowest BCUT2D eigenvalue weighted by Gasteiger charge is -2.23. The third-order valence-corrected chi connectivity index (χ3v) is 3.48. The summed E-state index contributed by atoms with van der Waals surface area (Å²) in [5, 5.41) is 15.5. The van der Waals surface area contributed by atoms with Crippen molar-refractivity contribution in [2.45, 2.75) is 33.6 Å². The molecule has 0 aliphatic carbocycles. The van der Waals surface area contributed by atoms with E-state index in [9.17, 15) is 4.79 Å². The second-order valence-corrected chi connectivity index (χ2v) is 5.64. The largest absolute Gasteiger partial charge is 0.409 e. The van der Waals surface area contributed by atoms with Gasteiger partial charge in [-0.15, -0.1) is 5.10 Å². The van der Waals surface area contributed by atoms with E-state index >= 15 is 0 Å². The molecular weight excluding hydrogens is 278 g/mol. The molecule has 0 aliphatic heterocycles. The topological polar surface area (TPSA) is 105 Å². The molecule has 8 heteroatoms. The minimum absolute atomic E-state index is 0.0868. The van der Waals surface area contributed by atoms with Crippen LogP contribution in [-0.4, -0.2) is 44.5 Å². The number of carbonyl (C=O) groups is 1. The molecule has 1 rings (SSSR count). The first-order chi connectivity index (χ1) is 9.49. The smallest absolute Gasteiger partial charge is 0.267 e. The maximum Gasteiger partial charge on any atom is 0.267 e. The van der Waals surface area contributed by atoms with Crippen LogP contribution in [0.2, 0.25) is 0 Å². The first-order valence-electron chi connectivity index (χ1n) is 6.56. The van der Waals surface area contributed by atoms with E-state index in [-0.39, 0.29) is 11.7 Å². The van der Waals surface area contributed by atoms with Gasteiger partial charge in [-0.25, -0.2) is 0 Å². The van der Waals surface area contributed by atoms with Crippen molar-refractivity contribution in [1.29, 1.82) is 0 Å². The SMILES string of the molecule is CCc1nnsc1C(=O)N(CCC(N)=NO)CC(C)C. The Morgan fingerprint density at radius 2 is 2.25 bits per heavy atom. The molecule has 1 aromatic heterocycles. The van der Waals surface area contributed by atoms with Crippen LogP contribution in [0.25, 0.3) is 0 Å². The molecule has 0 spiro atoms. The van der Waals surface area contributed by atoms with Crippen LogP contribution in [0, 0.1) is 5.92 Å². The van der Waals surface area contributed by atoms with Gasteiger partial charge in [-0.2, -0.15) is 0 Å². The van der Waals surface area contributed by atoms with Gasteiger partial charge in [0.25, 0.3) is 5.91 Å². The van der Waals surface area contributed by atoms with Gasteiger partial charge in [-0.05, 0) is 23.9 Å². The van der Waals surface area contributed by atoms with Gasteiger partial charge in [0.15, 0.2) is 0 Å². The van der Waals surface area contributed by atoms with Crippen molar-refractivity contribution in [1.82, 2.24) is 14.5 Å². The molecule has 1 amide bonds. The third-order valence-electron chi connectivity index (χ3n) is 2.72. The summed E-state index contributed by atoms with van der Waals surface area (Å²) in [4.78, 5) is 14.8. The molecule has 0 atom stereocenters. The Morgan fingerprint density at radius 1 is 1.55 bits per heavy atom. The predicted molar refractivity (Wildman–Crippen MR) is 78.1 cm³/mol. The molecule has 1 heterocycles. The molecule has 0 fully saturated rings. The maximum atomic E-state index is 12.5. The van der Waals surface area contributed by atoms with E-state index < -0.39 is 0 Å². The summed E-state index contributed by atoms with van der Waals surface area (Å²) < 4.78 is 3.84. The fourth-order valence-electron chi connectivity index (χ4n) is 1.76. The van der Waals surface area contributed by atoms with Crippen molar-refractivity contribution in [3.05, 3.63) is 10.6 Å². The summed E-state index contributed by atoms with van der Waals surface area (Å²) in [5.74, 6) is 0.359. The van der Waals surface area contributed by atoms with Crippen molar-refractivity contribution in [2.75, 3.05) is 13.1 Å². The van der Waals surface area contributed by atoms with E-state index in [4.69, 9.17) is 10.9 Å². The Labute approximate surface area is 122 Å². The normalized spacial score (nSPS) is 11.9. The molecule has 7 nitrogen and oxygen atoms in total. The molecule has 0 saturated heterocycles. The number of rotatable bonds is 7. The van der Waals surface area contributed by atoms with Gasteiger partial charge < -0.3 is 15.8 Å². The van der Waals surface area contributed by atoms with Crippen molar-refractivity contribution < 1.29 is 10.0 Å². The number of aryl methyl sites for hydroxylation is 1. The van der Waals surface area contributed by atoms with Crippen LogP contribution >= 0.6 is 11.5 Å². The summed E-state index contributed by atoms with van der Waals surface area (Å²) in [6.45, 7) is 7.04. The number of oxime groups is 1. The Bertz CT molecular complexity index is 472. The van der Waals surface area contributed by atoms with Gasteiger partial charge >= 0.3 is 0 Å².